The lowest BCUT2D eigenvalue weighted by molar-refractivity contribution is -0.129. The molecule has 7 nitrogen and oxygen atoms in total. The number of benzene rings is 1. The predicted octanol–water partition coefficient (Wildman–Crippen LogP) is 4.14. The van der Waals surface area contributed by atoms with Crippen LogP contribution in [0.4, 0.5) is 5.69 Å². The normalized spacial score (nSPS) is 19.0. The fraction of sp³-hybridized carbons (Fsp3) is 0.591. The first-order valence-electron chi connectivity index (χ1n) is 11.0. The number of halogens is 1. The Bertz CT molecular complexity index is 894. The van der Waals surface area contributed by atoms with Gasteiger partial charge < -0.3 is 19.5 Å². The molecule has 2 aromatic rings. The largest absolute Gasteiger partial charge is 0.378 e. The van der Waals surface area contributed by atoms with Crippen LogP contribution in [0.15, 0.2) is 23.4 Å². The Morgan fingerprint density at radius 1 is 1.26 bits per heavy atom. The third kappa shape index (κ3) is 5.93. The maximum absolute atomic E-state index is 12.6. The molecule has 2 saturated heterocycles. The van der Waals surface area contributed by atoms with Crippen molar-refractivity contribution >= 4 is 35.0 Å². The standard InChI is InChI=1S/C22H30ClN5O2S/c1-16-7-8-17(12-19(16)23)24-13-20-25-26-22(28(20)14-18-6-5-11-30-18)31-15-21(29)27-9-3-2-4-10-27/h7-8,12,18,24H,2-6,9-11,13-15H2,1H3. The highest BCUT2D eigenvalue weighted by atomic mass is 35.5. The molecule has 3 heterocycles. The minimum absolute atomic E-state index is 0.167. The Labute approximate surface area is 192 Å². The lowest BCUT2D eigenvalue weighted by atomic mass is 10.1. The van der Waals surface area contributed by atoms with Gasteiger partial charge in [-0.05, 0) is 56.7 Å². The molecule has 0 saturated carbocycles. The van der Waals surface area contributed by atoms with E-state index in [0.717, 1.165) is 72.6 Å². The van der Waals surface area contributed by atoms with Gasteiger partial charge in [-0.15, -0.1) is 10.2 Å². The zero-order chi connectivity index (χ0) is 21.6. The van der Waals surface area contributed by atoms with E-state index in [2.05, 4.69) is 20.1 Å². The second kappa shape index (κ2) is 10.7. The number of hydrogen-bond acceptors (Lipinski definition) is 6. The number of likely N-dealkylation sites (tertiary alicyclic amines) is 1. The molecule has 1 aromatic carbocycles. The Balaban J connectivity index is 1.43. The fourth-order valence-corrected chi connectivity index (χ4v) is 5.03. The molecule has 0 spiro atoms. The lowest BCUT2D eigenvalue weighted by Gasteiger charge is -2.26. The molecule has 1 atom stereocenters. The minimum atomic E-state index is 0.167. The number of aryl methyl sites for hydroxylation is 1. The third-order valence-electron chi connectivity index (χ3n) is 5.86. The topological polar surface area (TPSA) is 72.3 Å². The number of nitrogens with one attached hydrogen (secondary N) is 1. The number of piperidine rings is 1. The van der Waals surface area contributed by atoms with Crippen molar-refractivity contribution < 1.29 is 9.53 Å². The third-order valence-corrected chi connectivity index (χ3v) is 7.22. The minimum Gasteiger partial charge on any atom is -0.378 e. The van der Waals surface area contributed by atoms with Gasteiger partial charge in [0.1, 0.15) is 0 Å². The molecule has 9 heteroatoms. The van der Waals surface area contributed by atoms with E-state index < -0.39 is 0 Å². The summed E-state index contributed by atoms with van der Waals surface area (Å²) < 4.78 is 7.95. The quantitative estimate of drug-likeness (QED) is 0.593. The number of carbonyl (C=O) groups is 1. The fourth-order valence-electron chi connectivity index (χ4n) is 3.98. The van der Waals surface area contributed by atoms with Crippen molar-refractivity contribution in [3.8, 4) is 0 Å². The van der Waals surface area contributed by atoms with Crippen LogP contribution in [0.2, 0.25) is 5.02 Å². The maximum atomic E-state index is 12.6. The van der Waals surface area contributed by atoms with E-state index in [1.54, 1.807) is 0 Å². The second-order valence-corrected chi connectivity index (χ2v) is 9.54. The van der Waals surface area contributed by atoms with Gasteiger partial charge in [-0.25, -0.2) is 0 Å². The molecule has 2 aliphatic heterocycles. The first-order chi connectivity index (χ1) is 15.1. The monoisotopic (exact) mass is 463 g/mol. The molecule has 4 rings (SSSR count). The second-order valence-electron chi connectivity index (χ2n) is 8.19. The van der Waals surface area contributed by atoms with Gasteiger partial charge in [0.2, 0.25) is 5.91 Å². The van der Waals surface area contributed by atoms with Crippen LogP contribution >= 0.6 is 23.4 Å². The van der Waals surface area contributed by atoms with Crippen LogP contribution in [0.25, 0.3) is 0 Å². The number of nitrogens with zero attached hydrogens (tertiary/aromatic N) is 4. The van der Waals surface area contributed by atoms with E-state index in [9.17, 15) is 4.79 Å². The van der Waals surface area contributed by atoms with Crippen LogP contribution in [0.5, 0.6) is 0 Å². The predicted molar refractivity (Wildman–Crippen MR) is 124 cm³/mol. The van der Waals surface area contributed by atoms with Crippen molar-refractivity contribution in [2.75, 3.05) is 30.8 Å². The van der Waals surface area contributed by atoms with E-state index in [-0.39, 0.29) is 12.0 Å². The van der Waals surface area contributed by atoms with Crippen LogP contribution in [0.3, 0.4) is 0 Å². The van der Waals surface area contributed by atoms with E-state index in [1.165, 1.54) is 18.2 Å². The highest BCUT2D eigenvalue weighted by molar-refractivity contribution is 7.99. The van der Waals surface area contributed by atoms with Gasteiger partial charge in [-0.3, -0.25) is 4.79 Å². The van der Waals surface area contributed by atoms with Crippen LogP contribution in [-0.2, 0) is 22.6 Å². The molecule has 1 amide bonds. The highest BCUT2D eigenvalue weighted by Crippen LogP contribution is 2.24. The summed E-state index contributed by atoms with van der Waals surface area (Å²) in [5.74, 6) is 1.41. The van der Waals surface area contributed by atoms with Gasteiger partial charge >= 0.3 is 0 Å². The first-order valence-corrected chi connectivity index (χ1v) is 12.4. The summed E-state index contributed by atoms with van der Waals surface area (Å²) in [5, 5.41) is 13.7. The number of thioether (sulfide) groups is 1. The molecule has 31 heavy (non-hydrogen) atoms. The molecular weight excluding hydrogens is 434 g/mol. The molecule has 1 N–H and O–H groups in total. The van der Waals surface area contributed by atoms with Crippen molar-refractivity contribution in [1.82, 2.24) is 19.7 Å². The number of hydrogen-bond donors (Lipinski definition) is 1. The summed E-state index contributed by atoms with van der Waals surface area (Å²) >= 11 is 7.72. The summed E-state index contributed by atoms with van der Waals surface area (Å²) in [6.07, 6.45) is 5.71. The van der Waals surface area contributed by atoms with Crippen molar-refractivity contribution in [2.45, 2.75) is 63.4 Å². The molecule has 0 aliphatic carbocycles. The Hall–Kier alpha value is -1.77. The zero-order valence-electron chi connectivity index (χ0n) is 18.0. The average molecular weight is 464 g/mol. The first kappa shape index (κ1) is 22.4. The molecule has 0 radical (unpaired) electrons. The van der Waals surface area contributed by atoms with Crippen LogP contribution in [-0.4, -0.2) is 57.1 Å². The molecule has 0 bridgehead atoms. The van der Waals surface area contributed by atoms with E-state index >= 15 is 0 Å². The van der Waals surface area contributed by atoms with Gasteiger partial charge in [0, 0.05) is 30.4 Å². The lowest BCUT2D eigenvalue weighted by Crippen LogP contribution is -2.36. The van der Waals surface area contributed by atoms with E-state index in [0.29, 0.717) is 18.8 Å². The van der Waals surface area contributed by atoms with Crippen molar-refractivity contribution in [3.05, 3.63) is 34.6 Å². The number of anilines is 1. The van der Waals surface area contributed by atoms with Gasteiger partial charge in [-0.2, -0.15) is 0 Å². The smallest absolute Gasteiger partial charge is 0.233 e. The van der Waals surface area contributed by atoms with Crippen molar-refractivity contribution in [3.63, 3.8) is 0 Å². The maximum Gasteiger partial charge on any atom is 0.233 e. The summed E-state index contributed by atoms with van der Waals surface area (Å²) in [4.78, 5) is 14.6. The number of rotatable bonds is 8. The number of aromatic nitrogens is 3. The molecule has 168 valence electrons. The zero-order valence-corrected chi connectivity index (χ0v) is 19.6. The Kier molecular flexibility index (Phi) is 7.74. The van der Waals surface area contributed by atoms with Gasteiger partial charge in [0.25, 0.3) is 0 Å². The Morgan fingerprint density at radius 2 is 2.10 bits per heavy atom. The van der Waals surface area contributed by atoms with E-state index in [1.807, 2.05) is 30.0 Å². The molecule has 1 aromatic heterocycles. The molecular formula is C22H30ClN5O2S. The molecule has 2 aliphatic rings. The summed E-state index contributed by atoms with van der Waals surface area (Å²) in [6.45, 7) is 5.77. The summed E-state index contributed by atoms with van der Waals surface area (Å²) in [5.41, 5.74) is 1.99. The van der Waals surface area contributed by atoms with Crippen molar-refractivity contribution in [1.29, 1.82) is 0 Å². The van der Waals surface area contributed by atoms with Gasteiger partial charge in [-0.1, -0.05) is 29.4 Å². The molecule has 1 unspecified atom stereocenters. The van der Waals surface area contributed by atoms with Crippen LogP contribution in [0.1, 0.15) is 43.5 Å². The number of amides is 1. The summed E-state index contributed by atoms with van der Waals surface area (Å²) in [7, 11) is 0. The molecule has 2 fully saturated rings. The SMILES string of the molecule is Cc1ccc(NCc2nnc(SCC(=O)N3CCCCC3)n2CC2CCCO2)cc1Cl. The van der Waals surface area contributed by atoms with E-state index in [4.69, 9.17) is 16.3 Å². The van der Waals surface area contributed by atoms with Gasteiger partial charge in [0.05, 0.1) is 24.9 Å². The van der Waals surface area contributed by atoms with Crippen LogP contribution in [0, 0.1) is 6.92 Å². The average Bonchev–Trinajstić information content (AvgIpc) is 3.44. The Morgan fingerprint density at radius 3 is 2.84 bits per heavy atom. The number of ether oxygens (including phenoxy) is 1. The van der Waals surface area contributed by atoms with Crippen molar-refractivity contribution in [2.24, 2.45) is 0 Å². The summed E-state index contributed by atoms with van der Waals surface area (Å²) in [6, 6.07) is 5.93. The van der Waals surface area contributed by atoms with Gasteiger partial charge in [0.15, 0.2) is 11.0 Å². The highest BCUT2D eigenvalue weighted by Gasteiger charge is 2.23. The number of carbonyl (C=O) groups excluding carboxylic acids is 1. The van der Waals surface area contributed by atoms with Crippen LogP contribution < -0.4 is 5.32 Å².